The first kappa shape index (κ1) is 17.8. The average Bonchev–Trinajstić information content (AvgIpc) is 3.23. The van der Waals surface area contributed by atoms with E-state index in [2.05, 4.69) is 41.6 Å². The van der Waals surface area contributed by atoms with E-state index in [0.29, 0.717) is 26.1 Å². The van der Waals surface area contributed by atoms with Gasteiger partial charge in [0.25, 0.3) is 0 Å². The zero-order chi connectivity index (χ0) is 18.8. The lowest BCUT2D eigenvalue weighted by Crippen LogP contribution is -2.41. The Morgan fingerprint density at radius 3 is 2.63 bits per heavy atom. The molecule has 2 aliphatic rings. The van der Waals surface area contributed by atoms with E-state index < -0.39 is 0 Å². The van der Waals surface area contributed by atoms with E-state index in [1.807, 2.05) is 17.2 Å². The minimum atomic E-state index is -0.0190. The number of likely N-dealkylation sites (tertiary alicyclic amines) is 1. The maximum Gasteiger partial charge on any atom is 0.224 e. The largest absolute Gasteiger partial charge is 0.351 e. The Morgan fingerprint density at radius 1 is 1.19 bits per heavy atom. The lowest BCUT2D eigenvalue weighted by molar-refractivity contribution is -0.131. The number of aryl methyl sites for hydroxylation is 2. The quantitative estimate of drug-likeness (QED) is 0.851. The molecule has 6 nitrogen and oxygen atoms in total. The topological polar surface area (TPSA) is 67.2 Å². The van der Waals surface area contributed by atoms with Gasteiger partial charge >= 0.3 is 0 Å². The van der Waals surface area contributed by atoms with Gasteiger partial charge in [-0.3, -0.25) is 14.3 Å². The molecule has 1 aliphatic carbocycles. The summed E-state index contributed by atoms with van der Waals surface area (Å²) in [6.45, 7) is 3.87. The third kappa shape index (κ3) is 4.21. The molecule has 2 atom stereocenters. The van der Waals surface area contributed by atoms with Crippen LogP contribution in [0.5, 0.6) is 0 Å². The second-order valence-electron chi connectivity index (χ2n) is 7.72. The highest BCUT2D eigenvalue weighted by atomic mass is 16.2. The predicted molar refractivity (Wildman–Crippen MR) is 102 cm³/mol. The summed E-state index contributed by atoms with van der Waals surface area (Å²) in [6, 6.07) is 10.3. The van der Waals surface area contributed by atoms with Crippen molar-refractivity contribution in [2.24, 2.45) is 5.92 Å². The van der Waals surface area contributed by atoms with Crippen LogP contribution in [-0.2, 0) is 16.1 Å². The van der Waals surface area contributed by atoms with Crippen molar-refractivity contribution in [1.82, 2.24) is 20.0 Å². The van der Waals surface area contributed by atoms with Gasteiger partial charge in [-0.1, -0.05) is 29.8 Å². The number of aromatic nitrogens is 2. The summed E-state index contributed by atoms with van der Waals surface area (Å²) < 4.78 is 1.78. The van der Waals surface area contributed by atoms with Gasteiger partial charge < -0.3 is 10.2 Å². The minimum absolute atomic E-state index is 0.0190. The zero-order valence-corrected chi connectivity index (χ0v) is 15.7. The van der Waals surface area contributed by atoms with Crippen LogP contribution < -0.4 is 5.32 Å². The van der Waals surface area contributed by atoms with Gasteiger partial charge in [-0.2, -0.15) is 5.10 Å². The van der Waals surface area contributed by atoms with Crippen molar-refractivity contribution in [1.29, 1.82) is 0 Å². The third-order valence-corrected chi connectivity index (χ3v) is 5.57. The second kappa shape index (κ2) is 7.55. The highest BCUT2D eigenvalue weighted by molar-refractivity contribution is 5.82. The molecule has 0 spiro atoms. The number of nitrogens with zero attached hydrogens (tertiary/aromatic N) is 3. The fourth-order valence-electron chi connectivity index (χ4n) is 3.75. The number of nitrogens with one attached hydrogen (secondary N) is 1. The molecule has 0 radical (unpaired) electrons. The van der Waals surface area contributed by atoms with Gasteiger partial charge in [-0.25, -0.2) is 0 Å². The van der Waals surface area contributed by atoms with E-state index in [1.165, 1.54) is 11.1 Å². The van der Waals surface area contributed by atoms with Crippen molar-refractivity contribution in [2.75, 3.05) is 13.1 Å². The molecule has 2 fully saturated rings. The normalized spacial score (nSPS) is 22.0. The molecule has 6 heteroatoms. The molecule has 27 heavy (non-hydrogen) atoms. The van der Waals surface area contributed by atoms with E-state index in [0.717, 1.165) is 12.8 Å². The van der Waals surface area contributed by atoms with Gasteiger partial charge in [0, 0.05) is 50.3 Å². The van der Waals surface area contributed by atoms with Gasteiger partial charge in [-0.05, 0) is 31.4 Å². The van der Waals surface area contributed by atoms with Crippen LogP contribution in [0.4, 0.5) is 0 Å². The van der Waals surface area contributed by atoms with E-state index in [1.54, 1.807) is 10.9 Å². The fourth-order valence-corrected chi connectivity index (χ4v) is 3.75. The van der Waals surface area contributed by atoms with Crippen molar-refractivity contribution >= 4 is 11.8 Å². The number of benzene rings is 1. The minimum Gasteiger partial charge on any atom is -0.351 e. The Bertz CT molecular complexity index is 796. The molecule has 2 heterocycles. The Morgan fingerprint density at radius 2 is 1.96 bits per heavy atom. The standard InChI is InChI=1S/C21H26N4O2/c1-15-3-5-16(6-4-15)18-13-24(14-19(18)23-21(27)17-7-8-17)20(26)9-12-25-11-2-10-22-25/h2-6,10-11,17-19H,7-9,12-14H2,1H3,(H,23,27)/t18-,19+/m0/s1. The zero-order valence-electron chi connectivity index (χ0n) is 15.7. The molecule has 1 saturated carbocycles. The van der Waals surface area contributed by atoms with Crippen molar-refractivity contribution in [3.05, 3.63) is 53.9 Å². The molecule has 4 rings (SSSR count). The summed E-state index contributed by atoms with van der Waals surface area (Å²) in [5.41, 5.74) is 2.39. The molecule has 1 aromatic heterocycles. The molecule has 0 bridgehead atoms. The molecular formula is C21H26N4O2. The molecule has 1 N–H and O–H groups in total. The smallest absolute Gasteiger partial charge is 0.224 e. The summed E-state index contributed by atoms with van der Waals surface area (Å²) in [4.78, 5) is 26.9. The predicted octanol–water partition coefficient (Wildman–Crippen LogP) is 2.10. The number of hydrogen-bond acceptors (Lipinski definition) is 3. The van der Waals surface area contributed by atoms with Gasteiger partial charge in [-0.15, -0.1) is 0 Å². The van der Waals surface area contributed by atoms with E-state index >= 15 is 0 Å². The van der Waals surface area contributed by atoms with Gasteiger partial charge in [0.15, 0.2) is 0 Å². The van der Waals surface area contributed by atoms with Crippen LogP contribution in [0.15, 0.2) is 42.7 Å². The second-order valence-corrected chi connectivity index (χ2v) is 7.72. The summed E-state index contributed by atoms with van der Waals surface area (Å²) >= 11 is 0. The lowest BCUT2D eigenvalue weighted by Gasteiger charge is -2.20. The number of rotatable bonds is 6. The number of hydrogen-bond donors (Lipinski definition) is 1. The first-order valence-corrected chi connectivity index (χ1v) is 9.72. The van der Waals surface area contributed by atoms with Crippen LogP contribution >= 0.6 is 0 Å². The van der Waals surface area contributed by atoms with Crippen molar-refractivity contribution < 1.29 is 9.59 Å². The summed E-state index contributed by atoms with van der Waals surface area (Å²) in [5, 5.41) is 7.36. The van der Waals surface area contributed by atoms with Gasteiger partial charge in [0.1, 0.15) is 0 Å². The highest BCUT2D eigenvalue weighted by Gasteiger charge is 2.39. The molecule has 0 unspecified atom stereocenters. The van der Waals surface area contributed by atoms with Crippen LogP contribution in [0.1, 0.15) is 36.3 Å². The molecule has 1 aliphatic heterocycles. The maximum absolute atomic E-state index is 12.7. The monoisotopic (exact) mass is 366 g/mol. The lowest BCUT2D eigenvalue weighted by atomic mass is 9.93. The van der Waals surface area contributed by atoms with Crippen LogP contribution in [-0.4, -0.2) is 45.6 Å². The van der Waals surface area contributed by atoms with Crippen molar-refractivity contribution in [3.8, 4) is 0 Å². The van der Waals surface area contributed by atoms with Crippen LogP contribution in [0.25, 0.3) is 0 Å². The van der Waals surface area contributed by atoms with Crippen LogP contribution in [0.2, 0.25) is 0 Å². The summed E-state index contributed by atoms with van der Waals surface area (Å²) in [5.74, 6) is 0.573. The van der Waals surface area contributed by atoms with E-state index in [9.17, 15) is 9.59 Å². The Kier molecular flexibility index (Phi) is 4.97. The Hall–Kier alpha value is -2.63. The third-order valence-electron chi connectivity index (χ3n) is 5.57. The molecule has 2 amide bonds. The number of carbonyl (C=O) groups is 2. The van der Waals surface area contributed by atoms with Gasteiger partial charge in [0.2, 0.25) is 11.8 Å². The summed E-state index contributed by atoms with van der Waals surface area (Å²) in [6.07, 6.45) is 5.98. The molecule has 142 valence electrons. The van der Waals surface area contributed by atoms with Gasteiger partial charge in [0.05, 0.1) is 6.04 Å². The number of carbonyl (C=O) groups excluding carboxylic acids is 2. The SMILES string of the molecule is Cc1ccc([C@@H]2CN(C(=O)CCn3cccn3)C[C@H]2NC(=O)C2CC2)cc1. The van der Waals surface area contributed by atoms with Crippen LogP contribution in [0.3, 0.4) is 0 Å². The van der Waals surface area contributed by atoms with E-state index in [4.69, 9.17) is 0 Å². The summed E-state index contributed by atoms with van der Waals surface area (Å²) in [7, 11) is 0. The first-order chi connectivity index (χ1) is 13.1. The fraction of sp³-hybridized carbons (Fsp3) is 0.476. The first-order valence-electron chi connectivity index (χ1n) is 9.72. The molecule has 2 aromatic rings. The van der Waals surface area contributed by atoms with Crippen LogP contribution in [0, 0.1) is 12.8 Å². The Balaban J connectivity index is 1.44. The molecule has 1 aromatic carbocycles. The molecular weight excluding hydrogens is 340 g/mol. The Labute approximate surface area is 159 Å². The van der Waals surface area contributed by atoms with Crippen molar-refractivity contribution in [2.45, 2.75) is 44.7 Å². The number of amides is 2. The van der Waals surface area contributed by atoms with Crippen molar-refractivity contribution in [3.63, 3.8) is 0 Å². The highest BCUT2D eigenvalue weighted by Crippen LogP contribution is 2.32. The van der Waals surface area contributed by atoms with E-state index in [-0.39, 0.29) is 29.7 Å². The molecule has 1 saturated heterocycles. The maximum atomic E-state index is 12.7. The average molecular weight is 366 g/mol.